The van der Waals surface area contributed by atoms with Gasteiger partial charge in [0.25, 0.3) is 0 Å². The van der Waals surface area contributed by atoms with E-state index in [9.17, 15) is 8.78 Å². The predicted molar refractivity (Wildman–Crippen MR) is 80.1 cm³/mol. The maximum Gasteiger partial charge on any atom is 0.150 e. The Hall–Kier alpha value is -0.680. The molecule has 1 aliphatic heterocycles. The second-order valence-corrected chi connectivity index (χ2v) is 6.82. The predicted octanol–water partition coefficient (Wildman–Crippen LogP) is 3.84. The molecule has 2 aliphatic rings. The fourth-order valence-electron chi connectivity index (χ4n) is 3.54. The van der Waals surface area contributed by atoms with Crippen molar-refractivity contribution in [3.8, 4) is 0 Å². The molecular weight excluding hydrogens is 326 g/mol. The van der Waals surface area contributed by atoms with Crippen molar-refractivity contribution in [2.75, 3.05) is 24.5 Å². The molecule has 1 aromatic rings. The third kappa shape index (κ3) is 2.70. The highest BCUT2D eigenvalue weighted by molar-refractivity contribution is 9.10. The van der Waals surface area contributed by atoms with Gasteiger partial charge in [-0.2, -0.15) is 0 Å². The molecule has 1 aliphatic carbocycles. The Morgan fingerprint density at radius 2 is 1.75 bits per heavy atom. The summed E-state index contributed by atoms with van der Waals surface area (Å²) in [7, 11) is 0. The van der Waals surface area contributed by atoms with Crippen LogP contribution in [0, 0.1) is 11.6 Å². The van der Waals surface area contributed by atoms with Crippen LogP contribution in [0.15, 0.2) is 16.6 Å². The van der Waals surface area contributed by atoms with Gasteiger partial charge in [-0.3, -0.25) is 0 Å². The van der Waals surface area contributed by atoms with Crippen molar-refractivity contribution in [1.29, 1.82) is 0 Å². The first-order valence-corrected chi connectivity index (χ1v) is 8.03. The molecule has 1 N–H and O–H groups in total. The van der Waals surface area contributed by atoms with Crippen molar-refractivity contribution in [2.24, 2.45) is 0 Å². The Labute approximate surface area is 126 Å². The van der Waals surface area contributed by atoms with Crippen LogP contribution in [0.1, 0.15) is 32.1 Å². The Bertz CT molecular complexity index is 478. The van der Waals surface area contributed by atoms with Gasteiger partial charge < -0.3 is 10.2 Å². The minimum Gasteiger partial charge on any atom is -0.365 e. The third-order valence-electron chi connectivity index (χ3n) is 4.46. The highest BCUT2D eigenvalue weighted by atomic mass is 79.9. The summed E-state index contributed by atoms with van der Waals surface area (Å²) in [4.78, 5) is 1.89. The number of hydrogen-bond acceptors (Lipinski definition) is 2. The molecule has 2 fully saturated rings. The van der Waals surface area contributed by atoms with Crippen molar-refractivity contribution < 1.29 is 8.78 Å². The molecule has 1 saturated carbocycles. The van der Waals surface area contributed by atoms with Gasteiger partial charge in [0, 0.05) is 23.1 Å². The molecule has 0 bridgehead atoms. The second kappa shape index (κ2) is 5.60. The van der Waals surface area contributed by atoms with Crippen molar-refractivity contribution in [2.45, 2.75) is 37.6 Å². The molecule has 1 saturated heterocycles. The Morgan fingerprint density at radius 3 is 2.40 bits per heavy atom. The number of hydrogen-bond donors (Lipinski definition) is 1. The number of anilines is 1. The van der Waals surface area contributed by atoms with Gasteiger partial charge in [-0.25, -0.2) is 8.78 Å². The molecule has 0 unspecified atom stereocenters. The maximum atomic E-state index is 14.2. The zero-order chi connectivity index (χ0) is 14.2. The summed E-state index contributed by atoms with van der Waals surface area (Å²) in [6.07, 6.45) is 5.52. The fraction of sp³-hybridized carbons (Fsp3) is 0.600. The number of halogens is 3. The van der Waals surface area contributed by atoms with Gasteiger partial charge in [-0.05, 0) is 37.9 Å². The van der Waals surface area contributed by atoms with Gasteiger partial charge >= 0.3 is 0 Å². The largest absolute Gasteiger partial charge is 0.365 e. The molecule has 1 spiro atoms. The van der Waals surface area contributed by atoms with Crippen LogP contribution >= 0.6 is 15.9 Å². The molecule has 0 aromatic heterocycles. The Morgan fingerprint density at radius 1 is 1.10 bits per heavy atom. The van der Waals surface area contributed by atoms with E-state index in [0.717, 1.165) is 25.8 Å². The van der Waals surface area contributed by atoms with Crippen LogP contribution < -0.4 is 10.2 Å². The van der Waals surface area contributed by atoms with Crippen LogP contribution in [0.5, 0.6) is 0 Å². The second-order valence-electron chi connectivity index (χ2n) is 5.91. The first kappa shape index (κ1) is 14.3. The maximum absolute atomic E-state index is 14.2. The quantitative estimate of drug-likeness (QED) is 0.832. The number of nitrogens with one attached hydrogen (secondary N) is 1. The van der Waals surface area contributed by atoms with Gasteiger partial charge in [0.15, 0.2) is 11.6 Å². The van der Waals surface area contributed by atoms with E-state index in [0.29, 0.717) is 17.6 Å². The van der Waals surface area contributed by atoms with Gasteiger partial charge in [0.2, 0.25) is 0 Å². The average molecular weight is 345 g/mol. The first-order valence-electron chi connectivity index (χ1n) is 7.24. The van der Waals surface area contributed by atoms with Crippen LogP contribution in [0.25, 0.3) is 0 Å². The number of benzene rings is 1. The zero-order valence-electron chi connectivity index (χ0n) is 11.4. The topological polar surface area (TPSA) is 15.3 Å². The Balaban J connectivity index is 1.92. The van der Waals surface area contributed by atoms with E-state index in [1.807, 2.05) is 4.90 Å². The molecule has 2 nitrogen and oxygen atoms in total. The highest BCUT2D eigenvalue weighted by Gasteiger charge is 2.37. The number of nitrogens with zero attached hydrogens (tertiary/aromatic N) is 1. The Kier molecular flexibility index (Phi) is 4.00. The fourth-order valence-corrected chi connectivity index (χ4v) is 3.94. The van der Waals surface area contributed by atoms with Crippen LogP contribution in [-0.4, -0.2) is 25.2 Å². The average Bonchev–Trinajstić information content (AvgIpc) is 2.71. The lowest BCUT2D eigenvalue weighted by atomic mass is 9.97. The van der Waals surface area contributed by atoms with Crippen molar-refractivity contribution >= 4 is 21.6 Å². The SMILES string of the molecule is Fc1cc(Br)cc(F)c1N1CCCNC2(CCCC2)C1. The van der Waals surface area contributed by atoms with Crippen LogP contribution in [-0.2, 0) is 0 Å². The molecule has 5 heteroatoms. The molecule has 0 amide bonds. The molecule has 0 radical (unpaired) electrons. The lowest BCUT2D eigenvalue weighted by molar-refractivity contribution is 0.353. The molecule has 20 heavy (non-hydrogen) atoms. The van der Waals surface area contributed by atoms with E-state index in [1.54, 1.807) is 0 Å². The molecule has 3 rings (SSSR count). The van der Waals surface area contributed by atoms with Gasteiger partial charge in [-0.15, -0.1) is 0 Å². The molecule has 1 heterocycles. The summed E-state index contributed by atoms with van der Waals surface area (Å²) in [5.74, 6) is -0.959. The molecular formula is C15H19BrF2N2. The third-order valence-corrected chi connectivity index (χ3v) is 4.91. The summed E-state index contributed by atoms with van der Waals surface area (Å²) in [6.45, 7) is 2.32. The smallest absolute Gasteiger partial charge is 0.150 e. The minimum atomic E-state index is -0.480. The standard InChI is InChI=1S/C15H19BrF2N2/c16-11-8-12(17)14(13(18)9-11)20-7-3-6-19-15(10-20)4-1-2-5-15/h8-9,19H,1-7,10H2. The van der Waals surface area contributed by atoms with Gasteiger partial charge in [0.05, 0.1) is 0 Å². The minimum absolute atomic E-state index is 0.0441. The summed E-state index contributed by atoms with van der Waals surface area (Å²) in [6, 6.07) is 2.69. The normalized spacial score (nSPS) is 22.2. The summed E-state index contributed by atoms with van der Waals surface area (Å²) in [5.41, 5.74) is 0.172. The monoisotopic (exact) mass is 344 g/mol. The zero-order valence-corrected chi connectivity index (χ0v) is 13.0. The van der Waals surface area contributed by atoms with Gasteiger partial charge in [0.1, 0.15) is 5.69 Å². The summed E-state index contributed by atoms with van der Waals surface area (Å²) >= 11 is 3.14. The summed E-state index contributed by atoms with van der Waals surface area (Å²) in [5, 5.41) is 3.61. The van der Waals surface area contributed by atoms with E-state index >= 15 is 0 Å². The molecule has 0 atom stereocenters. The number of rotatable bonds is 1. The van der Waals surface area contributed by atoms with Crippen LogP contribution in [0.4, 0.5) is 14.5 Å². The van der Waals surface area contributed by atoms with Crippen LogP contribution in [0.2, 0.25) is 0 Å². The van der Waals surface area contributed by atoms with Crippen molar-refractivity contribution in [3.05, 3.63) is 28.2 Å². The molecule has 1 aromatic carbocycles. The van der Waals surface area contributed by atoms with E-state index in [1.165, 1.54) is 25.0 Å². The van der Waals surface area contributed by atoms with E-state index in [-0.39, 0.29) is 11.2 Å². The first-order chi connectivity index (χ1) is 9.60. The highest BCUT2D eigenvalue weighted by Crippen LogP contribution is 2.35. The van der Waals surface area contributed by atoms with Crippen molar-refractivity contribution in [1.82, 2.24) is 5.32 Å². The molecule has 110 valence electrons. The van der Waals surface area contributed by atoms with Crippen molar-refractivity contribution in [3.63, 3.8) is 0 Å². The van der Waals surface area contributed by atoms with Crippen LogP contribution in [0.3, 0.4) is 0 Å². The van der Waals surface area contributed by atoms with E-state index < -0.39 is 11.6 Å². The van der Waals surface area contributed by atoms with E-state index in [2.05, 4.69) is 21.2 Å². The lowest BCUT2D eigenvalue weighted by Gasteiger charge is -2.34. The van der Waals surface area contributed by atoms with Gasteiger partial charge in [-0.1, -0.05) is 28.8 Å². The lowest BCUT2D eigenvalue weighted by Crippen LogP contribution is -2.49. The van der Waals surface area contributed by atoms with E-state index in [4.69, 9.17) is 0 Å². The summed E-state index contributed by atoms with van der Waals surface area (Å²) < 4.78 is 28.8.